The van der Waals surface area contributed by atoms with Crippen LogP contribution in [0.3, 0.4) is 0 Å². The van der Waals surface area contributed by atoms with Crippen molar-refractivity contribution in [1.29, 1.82) is 0 Å². The monoisotopic (exact) mass is 181 g/mol. The third-order valence-corrected chi connectivity index (χ3v) is 2.34. The first-order valence-corrected chi connectivity index (χ1v) is 4.33. The Morgan fingerprint density at radius 1 is 1.58 bits per heavy atom. The van der Waals surface area contributed by atoms with Crippen LogP contribution in [0.25, 0.3) is 0 Å². The summed E-state index contributed by atoms with van der Waals surface area (Å²) in [7, 11) is 0. The molecule has 0 radical (unpaired) electrons. The zero-order valence-corrected chi connectivity index (χ0v) is 7.69. The Kier molecular flexibility index (Phi) is 2.65. The van der Waals surface area contributed by atoms with Crippen molar-refractivity contribution in [2.45, 2.75) is 11.8 Å². The lowest BCUT2D eigenvalue weighted by molar-refractivity contribution is 0.474. The van der Waals surface area contributed by atoms with Gasteiger partial charge in [0.15, 0.2) is 0 Å². The van der Waals surface area contributed by atoms with E-state index in [9.17, 15) is 0 Å². The van der Waals surface area contributed by atoms with Gasteiger partial charge < -0.3 is 10.8 Å². The molecule has 3 heteroatoms. The standard InChI is InChI=1S/C9H11NOS/c1-6-5-8(11)3-4-9(6)12-7(2)10/h3-5,11H,2,10H2,1H3. The van der Waals surface area contributed by atoms with E-state index in [1.807, 2.05) is 13.0 Å². The van der Waals surface area contributed by atoms with E-state index in [4.69, 9.17) is 10.8 Å². The van der Waals surface area contributed by atoms with Crippen molar-refractivity contribution in [3.05, 3.63) is 35.4 Å². The van der Waals surface area contributed by atoms with Gasteiger partial charge in [0.25, 0.3) is 0 Å². The zero-order chi connectivity index (χ0) is 9.14. The van der Waals surface area contributed by atoms with Crippen molar-refractivity contribution < 1.29 is 5.11 Å². The summed E-state index contributed by atoms with van der Waals surface area (Å²) in [5, 5.41) is 9.67. The second-order valence-electron chi connectivity index (χ2n) is 2.52. The third kappa shape index (κ3) is 2.20. The minimum Gasteiger partial charge on any atom is -0.508 e. The second-order valence-corrected chi connectivity index (χ2v) is 3.69. The molecule has 1 rings (SSSR count). The normalized spacial score (nSPS) is 9.75. The molecular weight excluding hydrogens is 170 g/mol. The van der Waals surface area contributed by atoms with Gasteiger partial charge in [-0.05, 0) is 30.7 Å². The fourth-order valence-electron chi connectivity index (χ4n) is 0.889. The molecule has 12 heavy (non-hydrogen) atoms. The number of hydrogen-bond acceptors (Lipinski definition) is 3. The number of phenolic OH excluding ortho intramolecular Hbond substituents is 1. The van der Waals surface area contributed by atoms with E-state index in [0.29, 0.717) is 5.03 Å². The molecule has 0 fully saturated rings. The molecular formula is C9H11NOS. The zero-order valence-electron chi connectivity index (χ0n) is 6.87. The number of hydrogen-bond donors (Lipinski definition) is 2. The van der Waals surface area contributed by atoms with E-state index in [0.717, 1.165) is 10.5 Å². The summed E-state index contributed by atoms with van der Waals surface area (Å²) in [6, 6.07) is 5.16. The Balaban J connectivity index is 2.93. The van der Waals surface area contributed by atoms with Crippen LogP contribution >= 0.6 is 11.8 Å². The molecule has 0 aliphatic rings. The Hall–Kier alpha value is -1.09. The van der Waals surface area contributed by atoms with Gasteiger partial charge in [0, 0.05) is 4.90 Å². The van der Waals surface area contributed by atoms with Crippen molar-refractivity contribution in [2.24, 2.45) is 5.73 Å². The Morgan fingerprint density at radius 3 is 2.75 bits per heavy atom. The molecule has 0 heterocycles. The topological polar surface area (TPSA) is 46.2 Å². The Labute approximate surface area is 76.1 Å². The van der Waals surface area contributed by atoms with Crippen molar-refractivity contribution in [3.8, 4) is 5.75 Å². The Morgan fingerprint density at radius 2 is 2.25 bits per heavy atom. The molecule has 3 N–H and O–H groups in total. The van der Waals surface area contributed by atoms with Gasteiger partial charge in [0.2, 0.25) is 0 Å². The van der Waals surface area contributed by atoms with Gasteiger partial charge in [-0.3, -0.25) is 0 Å². The number of aryl methyl sites for hydroxylation is 1. The number of aromatic hydroxyl groups is 1. The van der Waals surface area contributed by atoms with Crippen LogP contribution in [-0.2, 0) is 0 Å². The summed E-state index contributed by atoms with van der Waals surface area (Å²) in [5.41, 5.74) is 6.44. The van der Waals surface area contributed by atoms with E-state index in [1.54, 1.807) is 12.1 Å². The van der Waals surface area contributed by atoms with E-state index in [-0.39, 0.29) is 5.75 Å². The average molecular weight is 181 g/mol. The fourth-order valence-corrected chi connectivity index (χ4v) is 1.53. The lowest BCUT2D eigenvalue weighted by Crippen LogP contribution is -1.89. The van der Waals surface area contributed by atoms with Gasteiger partial charge in [0.1, 0.15) is 5.75 Å². The first kappa shape index (κ1) is 9.00. The highest BCUT2D eigenvalue weighted by molar-refractivity contribution is 8.03. The molecule has 0 saturated carbocycles. The van der Waals surface area contributed by atoms with Gasteiger partial charge >= 0.3 is 0 Å². The number of thioether (sulfide) groups is 1. The van der Waals surface area contributed by atoms with Crippen LogP contribution in [-0.4, -0.2) is 5.11 Å². The molecule has 2 nitrogen and oxygen atoms in total. The second kappa shape index (κ2) is 3.54. The molecule has 0 aliphatic carbocycles. The molecule has 0 saturated heterocycles. The predicted molar refractivity (Wildman–Crippen MR) is 52.0 cm³/mol. The third-order valence-electron chi connectivity index (χ3n) is 1.40. The van der Waals surface area contributed by atoms with E-state index < -0.39 is 0 Å². The quantitative estimate of drug-likeness (QED) is 0.688. The maximum atomic E-state index is 9.11. The molecule has 64 valence electrons. The molecule has 0 unspecified atom stereocenters. The molecule has 0 aromatic heterocycles. The largest absolute Gasteiger partial charge is 0.508 e. The van der Waals surface area contributed by atoms with Gasteiger partial charge in [-0.2, -0.15) is 0 Å². The van der Waals surface area contributed by atoms with Crippen LogP contribution in [0.1, 0.15) is 5.56 Å². The number of nitrogens with two attached hydrogens (primary N) is 1. The molecule has 1 aromatic carbocycles. The molecule has 0 amide bonds. The maximum Gasteiger partial charge on any atom is 0.115 e. The van der Waals surface area contributed by atoms with Crippen molar-refractivity contribution in [1.82, 2.24) is 0 Å². The SMILES string of the molecule is C=C(N)Sc1ccc(O)cc1C. The molecule has 1 aromatic rings. The van der Waals surface area contributed by atoms with Gasteiger partial charge in [-0.1, -0.05) is 18.3 Å². The van der Waals surface area contributed by atoms with Crippen LogP contribution in [0.2, 0.25) is 0 Å². The highest BCUT2D eigenvalue weighted by Crippen LogP contribution is 2.27. The average Bonchev–Trinajstić information content (AvgIpc) is 1.94. The number of rotatable bonds is 2. The van der Waals surface area contributed by atoms with E-state index in [2.05, 4.69) is 6.58 Å². The molecule has 0 atom stereocenters. The van der Waals surface area contributed by atoms with Gasteiger partial charge in [-0.25, -0.2) is 0 Å². The minimum absolute atomic E-state index is 0.277. The van der Waals surface area contributed by atoms with Crippen LogP contribution in [0.15, 0.2) is 34.7 Å². The van der Waals surface area contributed by atoms with E-state index >= 15 is 0 Å². The van der Waals surface area contributed by atoms with Crippen LogP contribution < -0.4 is 5.73 Å². The number of phenols is 1. The highest BCUT2D eigenvalue weighted by Gasteiger charge is 1.99. The Bertz CT molecular complexity index is 309. The smallest absolute Gasteiger partial charge is 0.115 e. The lowest BCUT2D eigenvalue weighted by atomic mass is 10.2. The molecule has 0 aliphatic heterocycles. The lowest BCUT2D eigenvalue weighted by Gasteiger charge is -2.04. The molecule has 0 spiro atoms. The van der Waals surface area contributed by atoms with Crippen LogP contribution in [0, 0.1) is 6.92 Å². The van der Waals surface area contributed by atoms with Crippen molar-refractivity contribution in [2.75, 3.05) is 0 Å². The van der Waals surface area contributed by atoms with Crippen LogP contribution in [0.5, 0.6) is 5.75 Å². The fraction of sp³-hybridized carbons (Fsp3) is 0.111. The maximum absolute atomic E-state index is 9.11. The minimum atomic E-state index is 0.277. The van der Waals surface area contributed by atoms with Crippen molar-refractivity contribution >= 4 is 11.8 Å². The summed E-state index contributed by atoms with van der Waals surface area (Å²) >= 11 is 1.41. The summed E-state index contributed by atoms with van der Waals surface area (Å²) in [6.45, 7) is 5.51. The highest BCUT2D eigenvalue weighted by atomic mass is 32.2. The summed E-state index contributed by atoms with van der Waals surface area (Å²) < 4.78 is 0. The summed E-state index contributed by atoms with van der Waals surface area (Å²) in [4.78, 5) is 1.03. The van der Waals surface area contributed by atoms with Crippen LogP contribution in [0.4, 0.5) is 0 Å². The first-order chi connectivity index (χ1) is 5.59. The summed E-state index contributed by atoms with van der Waals surface area (Å²) in [6.07, 6.45) is 0. The van der Waals surface area contributed by atoms with Gasteiger partial charge in [-0.15, -0.1) is 0 Å². The van der Waals surface area contributed by atoms with Gasteiger partial charge in [0.05, 0.1) is 5.03 Å². The summed E-state index contributed by atoms with van der Waals surface area (Å²) in [5.74, 6) is 0.277. The van der Waals surface area contributed by atoms with E-state index in [1.165, 1.54) is 11.8 Å². The van der Waals surface area contributed by atoms with Crippen molar-refractivity contribution in [3.63, 3.8) is 0 Å². The predicted octanol–water partition coefficient (Wildman–Crippen LogP) is 2.22. The number of benzene rings is 1. The first-order valence-electron chi connectivity index (χ1n) is 3.51. The molecule has 0 bridgehead atoms.